The van der Waals surface area contributed by atoms with Crippen molar-refractivity contribution >= 4 is 17.3 Å². The molecule has 0 radical (unpaired) electrons. The third-order valence-electron chi connectivity index (χ3n) is 2.66. The van der Waals surface area contributed by atoms with Crippen LogP contribution in [0, 0.1) is 6.92 Å². The summed E-state index contributed by atoms with van der Waals surface area (Å²) >= 11 is 6.04. The fourth-order valence-electron chi connectivity index (χ4n) is 1.68. The molecule has 2 aromatic rings. The average Bonchev–Trinajstić information content (AvgIpc) is 2.80. The van der Waals surface area contributed by atoms with Crippen LogP contribution in [-0.4, -0.2) is 26.5 Å². The number of hydrogen-bond acceptors (Lipinski definition) is 6. The van der Waals surface area contributed by atoms with Gasteiger partial charge in [0.25, 0.3) is 5.56 Å². The number of hydrogen-bond donors (Lipinski definition) is 1. The van der Waals surface area contributed by atoms with Gasteiger partial charge in [0.05, 0.1) is 17.9 Å². The van der Waals surface area contributed by atoms with Gasteiger partial charge >= 0.3 is 0 Å². The molecule has 0 saturated heterocycles. The van der Waals surface area contributed by atoms with Gasteiger partial charge in [-0.15, -0.1) is 0 Å². The first-order valence-electron chi connectivity index (χ1n) is 6.29. The van der Waals surface area contributed by atoms with Gasteiger partial charge in [-0.2, -0.15) is 10.1 Å². The zero-order chi connectivity index (χ0) is 14.7. The predicted molar refractivity (Wildman–Crippen MR) is 75.1 cm³/mol. The molecule has 2 rings (SSSR count). The maximum absolute atomic E-state index is 12.0. The first kappa shape index (κ1) is 14.5. The van der Waals surface area contributed by atoms with Crippen LogP contribution in [0.4, 0.5) is 5.69 Å². The molecule has 108 valence electrons. The molecule has 0 amide bonds. The monoisotopic (exact) mass is 297 g/mol. The van der Waals surface area contributed by atoms with Crippen LogP contribution in [0.1, 0.15) is 31.6 Å². The lowest BCUT2D eigenvalue weighted by atomic mass is 10.3. The van der Waals surface area contributed by atoms with E-state index in [1.807, 2.05) is 13.8 Å². The molecule has 0 aromatic carbocycles. The lowest BCUT2D eigenvalue weighted by Gasteiger charge is -2.11. The normalized spacial score (nSPS) is 11.1. The number of nitrogens with zero attached hydrogens (tertiary/aromatic N) is 4. The van der Waals surface area contributed by atoms with Gasteiger partial charge in [-0.3, -0.25) is 4.79 Å². The second-order valence-electron chi connectivity index (χ2n) is 4.63. The van der Waals surface area contributed by atoms with Gasteiger partial charge in [0.15, 0.2) is 5.82 Å². The SMILES string of the molecule is Cc1noc(CCNc2cnn(C(C)C)c(=O)c2Cl)n1. The molecule has 8 heteroatoms. The number of aromatic nitrogens is 4. The Morgan fingerprint density at radius 2 is 2.25 bits per heavy atom. The summed E-state index contributed by atoms with van der Waals surface area (Å²) in [7, 11) is 0. The van der Waals surface area contributed by atoms with Crippen molar-refractivity contribution < 1.29 is 4.52 Å². The first-order chi connectivity index (χ1) is 9.49. The van der Waals surface area contributed by atoms with Crippen LogP contribution in [0.25, 0.3) is 0 Å². The molecule has 2 heterocycles. The van der Waals surface area contributed by atoms with Crippen molar-refractivity contribution in [3.05, 3.63) is 33.3 Å². The summed E-state index contributed by atoms with van der Waals surface area (Å²) in [5, 5.41) is 11.0. The average molecular weight is 298 g/mol. The number of rotatable bonds is 5. The Morgan fingerprint density at radius 1 is 1.50 bits per heavy atom. The number of aryl methyl sites for hydroxylation is 1. The van der Waals surface area contributed by atoms with Crippen molar-refractivity contribution in [2.24, 2.45) is 0 Å². The van der Waals surface area contributed by atoms with Crippen LogP contribution in [0.2, 0.25) is 5.02 Å². The van der Waals surface area contributed by atoms with Crippen molar-refractivity contribution in [1.29, 1.82) is 0 Å². The molecular weight excluding hydrogens is 282 g/mol. The van der Waals surface area contributed by atoms with Gasteiger partial charge < -0.3 is 9.84 Å². The lowest BCUT2D eigenvalue weighted by Crippen LogP contribution is -2.26. The summed E-state index contributed by atoms with van der Waals surface area (Å²) < 4.78 is 6.33. The van der Waals surface area contributed by atoms with Gasteiger partial charge in [-0.05, 0) is 20.8 Å². The van der Waals surface area contributed by atoms with Gasteiger partial charge in [-0.1, -0.05) is 16.8 Å². The Bertz CT molecular complexity index is 650. The van der Waals surface area contributed by atoms with E-state index in [1.165, 1.54) is 4.68 Å². The predicted octanol–water partition coefficient (Wildman–Crippen LogP) is 1.82. The van der Waals surface area contributed by atoms with Gasteiger partial charge in [0.2, 0.25) is 5.89 Å². The molecule has 7 nitrogen and oxygen atoms in total. The zero-order valence-corrected chi connectivity index (χ0v) is 12.3. The Balaban J connectivity index is 2.03. The molecule has 20 heavy (non-hydrogen) atoms. The van der Waals surface area contributed by atoms with E-state index >= 15 is 0 Å². The van der Waals surface area contributed by atoms with E-state index in [2.05, 4.69) is 20.6 Å². The van der Waals surface area contributed by atoms with Crippen molar-refractivity contribution in [3.63, 3.8) is 0 Å². The van der Waals surface area contributed by atoms with Gasteiger partial charge in [0, 0.05) is 13.0 Å². The lowest BCUT2D eigenvalue weighted by molar-refractivity contribution is 0.377. The maximum Gasteiger partial charge on any atom is 0.287 e. The summed E-state index contributed by atoms with van der Waals surface area (Å²) in [6, 6.07) is -0.0320. The van der Waals surface area contributed by atoms with Crippen LogP contribution >= 0.6 is 11.6 Å². The molecule has 0 fully saturated rings. The maximum atomic E-state index is 12.0. The molecule has 0 spiro atoms. The van der Waals surface area contributed by atoms with E-state index < -0.39 is 0 Å². The van der Waals surface area contributed by atoms with Crippen molar-refractivity contribution in [3.8, 4) is 0 Å². The van der Waals surface area contributed by atoms with Gasteiger partial charge in [-0.25, -0.2) is 4.68 Å². The fraction of sp³-hybridized carbons (Fsp3) is 0.500. The van der Waals surface area contributed by atoms with Crippen molar-refractivity contribution in [2.75, 3.05) is 11.9 Å². The molecule has 0 aliphatic rings. The minimum Gasteiger partial charge on any atom is -0.382 e. The Morgan fingerprint density at radius 3 is 2.85 bits per heavy atom. The van der Waals surface area contributed by atoms with Crippen LogP contribution in [-0.2, 0) is 6.42 Å². The highest BCUT2D eigenvalue weighted by Crippen LogP contribution is 2.16. The van der Waals surface area contributed by atoms with Crippen molar-refractivity contribution in [1.82, 2.24) is 19.9 Å². The van der Waals surface area contributed by atoms with E-state index in [9.17, 15) is 4.79 Å². The van der Waals surface area contributed by atoms with Crippen LogP contribution in [0.15, 0.2) is 15.5 Å². The smallest absolute Gasteiger partial charge is 0.287 e. The minimum atomic E-state index is -0.305. The fourth-order valence-corrected chi connectivity index (χ4v) is 1.88. The van der Waals surface area contributed by atoms with Crippen LogP contribution < -0.4 is 10.9 Å². The molecule has 2 aromatic heterocycles. The van der Waals surface area contributed by atoms with E-state index in [0.29, 0.717) is 30.4 Å². The molecular formula is C12H16ClN5O2. The molecule has 0 bridgehead atoms. The third-order valence-corrected chi connectivity index (χ3v) is 3.02. The van der Waals surface area contributed by atoms with E-state index in [1.54, 1.807) is 13.1 Å². The Labute approximate surface area is 120 Å². The highest BCUT2D eigenvalue weighted by molar-refractivity contribution is 6.32. The minimum absolute atomic E-state index is 0.0320. The number of anilines is 1. The largest absolute Gasteiger partial charge is 0.382 e. The van der Waals surface area contributed by atoms with Crippen LogP contribution in [0.3, 0.4) is 0 Å². The molecule has 0 atom stereocenters. The Kier molecular flexibility index (Phi) is 4.39. The molecule has 1 N–H and O–H groups in total. The Hall–Kier alpha value is -1.89. The highest BCUT2D eigenvalue weighted by atomic mass is 35.5. The summed E-state index contributed by atoms with van der Waals surface area (Å²) in [6.07, 6.45) is 2.09. The second-order valence-corrected chi connectivity index (χ2v) is 5.01. The molecule has 0 aliphatic carbocycles. The summed E-state index contributed by atoms with van der Waals surface area (Å²) in [4.78, 5) is 16.0. The summed E-state index contributed by atoms with van der Waals surface area (Å²) in [6.45, 7) is 6.02. The highest BCUT2D eigenvalue weighted by Gasteiger charge is 2.11. The quantitative estimate of drug-likeness (QED) is 0.906. The van der Waals surface area contributed by atoms with Crippen LogP contribution in [0.5, 0.6) is 0 Å². The summed E-state index contributed by atoms with van der Waals surface area (Å²) in [5.41, 5.74) is 0.199. The van der Waals surface area contributed by atoms with E-state index in [-0.39, 0.29) is 16.6 Å². The topological polar surface area (TPSA) is 85.8 Å². The molecule has 0 unspecified atom stereocenters. The number of halogens is 1. The van der Waals surface area contributed by atoms with E-state index in [0.717, 1.165) is 0 Å². The zero-order valence-electron chi connectivity index (χ0n) is 11.6. The molecule has 0 saturated carbocycles. The standard InChI is InChI=1S/C12H16ClN5O2/c1-7(2)18-12(19)11(13)9(6-15-18)14-5-4-10-16-8(3)17-20-10/h6-7,14H,4-5H2,1-3H3. The summed E-state index contributed by atoms with van der Waals surface area (Å²) in [5.74, 6) is 1.13. The van der Waals surface area contributed by atoms with Gasteiger partial charge in [0.1, 0.15) is 5.02 Å². The third kappa shape index (κ3) is 3.16. The van der Waals surface area contributed by atoms with Crippen molar-refractivity contribution in [2.45, 2.75) is 33.2 Å². The molecule has 0 aliphatic heterocycles. The first-order valence-corrected chi connectivity index (χ1v) is 6.67. The van der Waals surface area contributed by atoms with E-state index in [4.69, 9.17) is 16.1 Å². The second kappa shape index (κ2) is 6.04. The number of nitrogens with one attached hydrogen (secondary N) is 1.